The molecule has 1 aliphatic heterocycles. The van der Waals surface area contributed by atoms with Gasteiger partial charge in [-0.15, -0.1) is 0 Å². The van der Waals surface area contributed by atoms with Gasteiger partial charge in [0, 0.05) is 13.2 Å². The average Bonchev–Trinajstić information content (AvgIpc) is 2.78. The van der Waals surface area contributed by atoms with Crippen molar-refractivity contribution in [2.24, 2.45) is 0 Å². The standard InChI is InChI=1S/C13H18NO/c1-2-11-15-13(9-6-10-14-13)12-7-4-3-5-8-12/h3-5,7-8H,2,6,9-11H2,1H3. The molecule has 1 saturated heterocycles. The molecule has 1 unspecified atom stereocenters. The molecule has 1 aliphatic rings. The van der Waals surface area contributed by atoms with Crippen molar-refractivity contribution in [1.29, 1.82) is 0 Å². The Bertz CT molecular complexity index is 291. The Kier molecular flexibility index (Phi) is 3.39. The van der Waals surface area contributed by atoms with Gasteiger partial charge in [0.25, 0.3) is 0 Å². The first-order valence-electron chi connectivity index (χ1n) is 5.75. The molecule has 1 fully saturated rings. The van der Waals surface area contributed by atoms with Crippen molar-refractivity contribution in [2.45, 2.75) is 31.9 Å². The van der Waals surface area contributed by atoms with Gasteiger partial charge in [0.05, 0.1) is 0 Å². The molecule has 81 valence electrons. The molecule has 1 aromatic rings. The van der Waals surface area contributed by atoms with Gasteiger partial charge in [0.2, 0.25) is 0 Å². The molecule has 2 rings (SSSR count). The van der Waals surface area contributed by atoms with Crippen LogP contribution in [0.1, 0.15) is 31.7 Å². The van der Waals surface area contributed by atoms with E-state index in [4.69, 9.17) is 4.74 Å². The average molecular weight is 204 g/mol. The number of hydrogen-bond acceptors (Lipinski definition) is 1. The van der Waals surface area contributed by atoms with Crippen LogP contribution in [-0.4, -0.2) is 13.2 Å². The fourth-order valence-corrected chi connectivity index (χ4v) is 2.06. The Morgan fingerprint density at radius 1 is 1.33 bits per heavy atom. The molecular weight excluding hydrogens is 186 g/mol. The predicted octanol–water partition coefficient (Wildman–Crippen LogP) is 2.66. The maximum Gasteiger partial charge on any atom is 0.160 e. The predicted molar refractivity (Wildman–Crippen MR) is 60.6 cm³/mol. The first-order valence-corrected chi connectivity index (χ1v) is 5.75. The van der Waals surface area contributed by atoms with Crippen LogP contribution in [0.3, 0.4) is 0 Å². The van der Waals surface area contributed by atoms with Gasteiger partial charge in [0.1, 0.15) is 0 Å². The van der Waals surface area contributed by atoms with Crippen LogP contribution >= 0.6 is 0 Å². The number of nitrogens with zero attached hydrogens (tertiary/aromatic N) is 1. The Balaban J connectivity index is 2.19. The fourth-order valence-electron chi connectivity index (χ4n) is 2.06. The largest absolute Gasteiger partial charge is 0.355 e. The van der Waals surface area contributed by atoms with Crippen molar-refractivity contribution in [3.63, 3.8) is 0 Å². The molecule has 0 saturated carbocycles. The van der Waals surface area contributed by atoms with Crippen LogP contribution in [0.15, 0.2) is 30.3 Å². The van der Waals surface area contributed by atoms with Crippen molar-refractivity contribution >= 4 is 0 Å². The van der Waals surface area contributed by atoms with E-state index in [1.165, 1.54) is 5.56 Å². The number of ether oxygens (including phenoxy) is 1. The van der Waals surface area contributed by atoms with Gasteiger partial charge in [-0.25, -0.2) is 5.32 Å². The molecule has 0 spiro atoms. The van der Waals surface area contributed by atoms with Gasteiger partial charge in [-0.3, -0.25) is 0 Å². The van der Waals surface area contributed by atoms with E-state index in [2.05, 4.69) is 36.5 Å². The second kappa shape index (κ2) is 4.77. The lowest BCUT2D eigenvalue weighted by Crippen LogP contribution is -2.35. The molecule has 15 heavy (non-hydrogen) atoms. The molecule has 0 amide bonds. The Labute approximate surface area is 91.6 Å². The van der Waals surface area contributed by atoms with Gasteiger partial charge in [0.15, 0.2) is 5.72 Å². The number of benzene rings is 1. The van der Waals surface area contributed by atoms with Crippen LogP contribution < -0.4 is 5.32 Å². The third-order valence-corrected chi connectivity index (χ3v) is 2.81. The third kappa shape index (κ3) is 2.21. The lowest BCUT2D eigenvalue weighted by molar-refractivity contribution is -0.0656. The van der Waals surface area contributed by atoms with Crippen LogP contribution in [0, 0.1) is 0 Å². The summed E-state index contributed by atoms with van der Waals surface area (Å²) < 4.78 is 5.96. The van der Waals surface area contributed by atoms with Crippen LogP contribution in [0.25, 0.3) is 0 Å². The molecule has 0 N–H and O–H groups in total. The number of hydrogen-bond donors (Lipinski definition) is 0. The van der Waals surface area contributed by atoms with E-state index < -0.39 is 0 Å². The highest BCUT2D eigenvalue weighted by molar-refractivity contribution is 5.22. The highest BCUT2D eigenvalue weighted by atomic mass is 16.5. The zero-order valence-corrected chi connectivity index (χ0v) is 9.28. The maximum absolute atomic E-state index is 5.96. The van der Waals surface area contributed by atoms with E-state index in [1.54, 1.807) is 0 Å². The summed E-state index contributed by atoms with van der Waals surface area (Å²) in [4.78, 5) is 0. The molecule has 0 aromatic heterocycles. The van der Waals surface area contributed by atoms with Gasteiger partial charge in [-0.1, -0.05) is 37.3 Å². The Morgan fingerprint density at radius 2 is 2.13 bits per heavy atom. The maximum atomic E-state index is 5.96. The summed E-state index contributed by atoms with van der Waals surface area (Å²) in [5.74, 6) is 0. The first kappa shape index (κ1) is 10.7. The van der Waals surface area contributed by atoms with Crippen molar-refractivity contribution < 1.29 is 4.74 Å². The van der Waals surface area contributed by atoms with Crippen LogP contribution in [-0.2, 0) is 10.5 Å². The van der Waals surface area contributed by atoms with Crippen LogP contribution in [0.2, 0.25) is 0 Å². The molecule has 2 nitrogen and oxygen atoms in total. The van der Waals surface area contributed by atoms with Gasteiger partial charge in [-0.05, 0) is 24.8 Å². The van der Waals surface area contributed by atoms with Crippen LogP contribution in [0.5, 0.6) is 0 Å². The van der Waals surface area contributed by atoms with Crippen LogP contribution in [0.4, 0.5) is 0 Å². The lowest BCUT2D eigenvalue weighted by Gasteiger charge is -2.28. The molecular formula is C13H18NO. The topological polar surface area (TPSA) is 23.3 Å². The summed E-state index contributed by atoms with van der Waals surface area (Å²) in [6, 6.07) is 10.4. The monoisotopic (exact) mass is 204 g/mol. The van der Waals surface area contributed by atoms with Gasteiger partial charge in [-0.2, -0.15) is 0 Å². The van der Waals surface area contributed by atoms with Gasteiger partial charge < -0.3 is 4.74 Å². The van der Waals surface area contributed by atoms with E-state index >= 15 is 0 Å². The zero-order chi connectivity index (χ0) is 10.6. The van der Waals surface area contributed by atoms with E-state index in [0.29, 0.717) is 0 Å². The van der Waals surface area contributed by atoms with Crippen molar-refractivity contribution in [2.75, 3.05) is 13.2 Å². The first-order chi connectivity index (χ1) is 7.37. The van der Waals surface area contributed by atoms with E-state index in [0.717, 1.165) is 32.4 Å². The molecule has 1 aromatic carbocycles. The zero-order valence-electron chi connectivity index (χ0n) is 9.28. The normalized spacial score (nSPS) is 25.7. The third-order valence-electron chi connectivity index (χ3n) is 2.81. The highest BCUT2D eigenvalue weighted by Gasteiger charge is 2.37. The van der Waals surface area contributed by atoms with E-state index in [-0.39, 0.29) is 5.72 Å². The SMILES string of the molecule is CCCOC1(c2ccccc2)CCC[N]1. The molecule has 1 heterocycles. The fraction of sp³-hybridized carbons (Fsp3) is 0.538. The van der Waals surface area contributed by atoms with E-state index in [9.17, 15) is 0 Å². The summed E-state index contributed by atoms with van der Waals surface area (Å²) in [5.41, 5.74) is 0.869. The van der Waals surface area contributed by atoms with E-state index in [1.807, 2.05) is 6.07 Å². The molecule has 1 atom stereocenters. The lowest BCUT2D eigenvalue weighted by atomic mass is 10.0. The highest BCUT2D eigenvalue weighted by Crippen LogP contribution is 2.33. The Morgan fingerprint density at radius 3 is 2.73 bits per heavy atom. The quantitative estimate of drug-likeness (QED) is 0.739. The van der Waals surface area contributed by atoms with Gasteiger partial charge >= 0.3 is 0 Å². The molecule has 2 heteroatoms. The van der Waals surface area contributed by atoms with Crippen molar-refractivity contribution in [3.05, 3.63) is 35.9 Å². The number of rotatable bonds is 4. The second-order valence-corrected chi connectivity index (χ2v) is 3.98. The molecule has 0 bridgehead atoms. The minimum Gasteiger partial charge on any atom is -0.355 e. The van der Waals surface area contributed by atoms with Crippen molar-refractivity contribution in [1.82, 2.24) is 5.32 Å². The summed E-state index contributed by atoms with van der Waals surface area (Å²) in [6.45, 7) is 3.85. The molecule has 0 aliphatic carbocycles. The summed E-state index contributed by atoms with van der Waals surface area (Å²) in [7, 11) is 0. The summed E-state index contributed by atoms with van der Waals surface area (Å²) in [6.07, 6.45) is 3.21. The summed E-state index contributed by atoms with van der Waals surface area (Å²) in [5, 5.41) is 4.65. The smallest absolute Gasteiger partial charge is 0.160 e. The minimum atomic E-state index is -0.336. The van der Waals surface area contributed by atoms with Crippen molar-refractivity contribution in [3.8, 4) is 0 Å². The minimum absolute atomic E-state index is 0.336. The summed E-state index contributed by atoms with van der Waals surface area (Å²) >= 11 is 0. The second-order valence-electron chi connectivity index (χ2n) is 3.98. The molecule has 1 radical (unpaired) electrons. The Hall–Kier alpha value is -0.860.